The number of nitrogens with one attached hydrogen (secondary N) is 1. The monoisotopic (exact) mass is 248 g/mol. The number of furan rings is 1. The number of aromatic amines is 1. The van der Waals surface area contributed by atoms with Crippen molar-refractivity contribution in [1.29, 1.82) is 0 Å². The minimum Gasteiger partial charge on any atom is -0.463 e. The fourth-order valence-corrected chi connectivity index (χ4v) is 2.53. The SMILES string of the molecule is O=C(c1cc2occc2[nH]1)N1CCCC(CO)C1. The largest absolute Gasteiger partial charge is 0.463 e. The summed E-state index contributed by atoms with van der Waals surface area (Å²) >= 11 is 0. The molecule has 3 rings (SSSR count). The molecule has 96 valence electrons. The summed E-state index contributed by atoms with van der Waals surface area (Å²) < 4.78 is 5.24. The molecular weight excluding hydrogens is 232 g/mol. The molecule has 0 saturated carbocycles. The number of aliphatic hydroxyl groups is 1. The van der Waals surface area contributed by atoms with Crippen LogP contribution in [0.4, 0.5) is 0 Å². The smallest absolute Gasteiger partial charge is 0.270 e. The van der Waals surface area contributed by atoms with Gasteiger partial charge in [-0.3, -0.25) is 4.79 Å². The number of piperidine rings is 1. The predicted octanol–water partition coefficient (Wildman–Crippen LogP) is 1.61. The Morgan fingerprint density at radius 1 is 1.61 bits per heavy atom. The fraction of sp³-hybridized carbons (Fsp3) is 0.462. The first-order chi connectivity index (χ1) is 8.78. The first-order valence-electron chi connectivity index (χ1n) is 6.24. The molecule has 2 aromatic heterocycles. The molecule has 5 nitrogen and oxygen atoms in total. The number of fused-ring (bicyclic) bond motifs is 1. The zero-order chi connectivity index (χ0) is 12.5. The van der Waals surface area contributed by atoms with Crippen molar-refractivity contribution >= 4 is 17.0 Å². The Bertz CT molecular complexity index is 529. The quantitative estimate of drug-likeness (QED) is 0.848. The van der Waals surface area contributed by atoms with Crippen LogP contribution in [-0.2, 0) is 0 Å². The number of hydrogen-bond acceptors (Lipinski definition) is 3. The average Bonchev–Trinajstić information content (AvgIpc) is 2.98. The van der Waals surface area contributed by atoms with Gasteiger partial charge >= 0.3 is 0 Å². The van der Waals surface area contributed by atoms with E-state index in [9.17, 15) is 9.90 Å². The molecule has 0 radical (unpaired) electrons. The van der Waals surface area contributed by atoms with E-state index in [-0.39, 0.29) is 18.4 Å². The Kier molecular flexibility index (Phi) is 2.83. The molecule has 1 amide bonds. The van der Waals surface area contributed by atoms with Crippen LogP contribution >= 0.6 is 0 Å². The standard InChI is InChI=1S/C13H16N2O3/c16-8-9-2-1-4-15(7-9)13(17)11-6-12-10(14-11)3-5-18-12/h3,5-6,9,14,16H,1-2,4,7-8H2. The zero-order valence-corrected chi connectivity index (χ0v) is 10.1. The van der Waals surface area contributed by atoms with Crippen molar-refractivity contribution in [3.05, 3.63) is 24.1 Å². The van der Waals surface area contributed by atoms with Crippen LogP contribution in [0.3, 0.4) is 0 Å². The second kappa shape index (κ2) is 4.49. The van der Waals surface area contributed by atoms with Crippen molar-refractivity contribution in [2.45, 2.75) is 12.8 Å². The zero-order valence-electron chi connectivity index (χ0n) is 10.1. The van der Waals surface area contributed by atoms with Crippen LogP contribution in [0.15, 0.2) is 22.8 Å². The highest BCUT2D eigenvalue weighted by atomic mass is 16.3. The predicted molar refractivity (Wildman–Crippen MR) is 66.3 cm³/mol. The maximum Gasteiger partial charge on any atom is 0.270 e. The van der Waals surface area contributed by atoms with E-state index in [1.165, 1.54) is 0 Å². The lowest BCUT2D eigenvalue weighted by molar-refractivity contribution is 0.0616. The topological polar surface area (TPSA) is 69.5 Å². The third-order valence-corrected chi connectivity index (χ3v) is 3.53. The minimum absolute atomic E-state index is 0.0143. The molecule has 1 unspecified atom stereocenters. The van der Waals surface area contributed by atoms with E-state index in [0.717, 1.165) is 24.9 Å². The van der Waals surface area contributed by atoms with Crippen LogP contribution in [0.25, 0.3) is 11.1 Å². The first-order valence-corrected chi connectivity index (χ1v) is 6.24. The van der Waals surface area contributed by atoms with Gasteiger partial charge in [0.05, 0.1) is 11.8 Å². The molecule has 2 N–H and O–H groups in total. The van der Waals surface area contributed by atoms with Gasteiger partial charge in [-0.05, 0) is 18.8 Å². The molecule has 1 atom stereocenters. The number of aliphatic hydroxyl groups excluding tert-OH is 1. The van der Waals surface area contributed by atoms with Crippen LogP contribution < -0.4 is 0 Å². The highest BCUT2D eigenvalue weighted by Gasteiger charge is 2.25. The van der Waals surface area contributed by atoms with Gasteiger partial charge in [0.25, 0.3) is 5.91 Å². The third kappa shape index (κ3) is 1.90. The van der Waals surface area contributed by atoms with Gasteiger partial charge in [0.1, 0.15) is 5.69 Å². The van der Waals surface area contributed by atoms with Gasteiger partial charge in [0, 0.05) is 31.8 Å². The van der Waals surface area contributed by atoms with Crippen LogP contribution in [0, 0.1) is 5.92 Å². The normalized spacial score (nSPS) is 20.5. The molecule has 0 bridgehead atoms. The van der Waals surface area contributed by atoms with E-state index >= 15 is 0 Å². The van der Waals surface area contributed by atoms with Crippen molar-refractivity contribution in [3.63, 3.8) is 0 Å². The summed E-state index contributed by atoms with van der Waals surface area (Å²) in [6.45, 7) is 1.54. The lowest BCUT2D eigenvalue weighted by Crippen LogP contribution is -2.41. The molecule has 1 aliphatic rings. The van der Waals surface area contributed by atoms with Crippen molar-refractivity contribution in [2.24, 2.45) is 5.92 Å². The highest BCUT2D eigenvalue weighted by molar-refractivity contribution is 5.96. The van der Waals surface area contributed by atoms with E-state index < -0.39 is 0 Å². The van der Waals surface area contributed by atoms with Crippen LogP contribution in [0.5, 0.6) is 0 Å². The molecule has 5 heteroatoms. The number of carbonyl (C=O) groups excluding carboxylic acids is 1. The molecule has 0 aromatic carbocycles. The second-order valence-electron chi connectivity index (χ2n) is 4.82. The highest BCUT2D eigenvalue weighted by Crippen LogP contribution is 2.21. The minimum atomic E-state index is -0.0143. The number of H-pyrrole nitrogens is 1. The lowest BCUT2D eigenvalue weighted by atomic mass is 9.99. The van der Waals surface area contributed by atoms with E-state index in [1.54, 1.807) is 23.3 Å². The van der Waals surface area contributed by atoms with Gasteiger partial charge in [-0.25, -0.2) is 0 Å². The van der Waals surface area contributed by atoms with Crippen LogP contribution in [-0.4, -0.2) is 40.6 Å². The van der Waals surface area contributed by atoms with Gasteiger partial charge in [-0.2, -0.15) is 0 Å². The van der Waals surface area contributed by atoms with E-state index in [0.29, 0.717) is 17.8 Å². The van der Waals surface area contributed by atoms with Crippen molar-refractivity contribution in [3.8, 4) is 0 Å². The Morgan fingerprint density at radius 2 is 2.50 bits per heavy atom. The number of rotatable bonds is 2. The molecule has 1 fully saturated rings. The van der Waals surface area contributed by atoms with E-state index in [4.69, 9.17) is 4.42 Å². The number of hydrogen-bond donors (Lipinski definition) is 2. The van der Waals surface area contributed by atoms with Crippen LogP contribution in [0.1, 0.15) is 23.3 Å². The number of nitrogens with zero attached hydrogens (tertiary/aromatic N) is 1. The molecule has 0 spiro atoms. The number of amides is 1. The van der Waals surface area contributed by atoms with Gasteiger partial charge in [-0.15, -0.1) is 0 Å². The molecule has 18 heavy (non-hydrogen) atoms. The van der Waals surface area contributed by atoms with E-state index in [2.05, 4.69) is 4.98 Å². The first kappa shape index (κ1) is 11.3. The Labute approximate surface area is 104 Å². The number of aromatic nitrogens is 1. The Hall–Kier alpha value is -1.75. The molecule has 1 aliphatic heterocycles. The summed E-state index contributed by atoms with van der Waals surface area (Å²) in [5, 5.41) is 9.18. The summed E-state index contributed by atoms with van der Waals surface area (Å²) in [7, 11) is 0. The molecular formula is C13H16N2O3. The maximum absolute atomic E-state index is 12.3. The third-order valence-electron chi connectivity index (χ3n) is 3.53. The van der Waals surface area contributed by atoms with Gasteiger partial charge in [-0.1, -0.05) is 0 Å². The number of carbonyl (C=O) groups is 1. The summed E-state index contributed by atoms with van der Waals surface area (Å²) in [5.74, 6) is 0.195. The average molecular weight is 248 g/mol. The van der Waals surface area contributed by atoms with E-state index in [1.807, 2.05) is 0 Å². The molecule has 0 aliphatic carbocycles. The van der Waals surface area contributed by atoms with Gasteiger partial charge < -0.3 is 19.4 Å². The maximum atomic E-state index is 12.3. The van der Waals surface area contributed by atoms with Gasteiger partial charge in [0.2, 0.25) is 0 Å². The summed E-state index contributed by atoms with van der Waals surface area (Å²) in [6.07, 6.45) is 3.54. The lowest BCUT2D eigenvalue weighted by Gasteiger charge is -2.31. The second-order valence-corrected chi connectivity index (χ2v) is 4.82. The fourth-order valence-electron chi connectivity index (χ4n) is 2.53. The Balaban J connectivity index is 1.79. The van der Waals surface area contributed by atoms with Gasteiger partial charge in [0.15, 0.2) is 5.58 Å². The van der Waals surface area contributed by atoms with Crippen LogP contribution in [0.2, 0.25) is 0 Å². The summed E-state index contributed by atoms with van der Waals surface area (Å²) in [5.41, 5.74) is 2.10. The van der Waals surface area contributed by atoms with Crippen molar-refractivity contribution in [1.82, 2.24) is 9.88 Å². The molecule has 2 aromatic rings. The Morgan fingerprint density at radius 3 is 3.28 bits per heavy atom. The molecule has 3 heterocycles. The molecule has 1 saturated heterocycles. The van der Waals surface area contributed by atoms with Crippen molar-refractivity contribution in [2.75, 3.05) is 19.7 Å². The summed E-state index contributed by atoms with van der Waals surface area (Å²) in [6, 6.07) is 3.54. The number of likely N-dealkylation sites (tertiary alicyclic amines) is 1. The van der Waals surface area contributed by atoms with Crippen molar-refractivity contribution < 1.29 is 14.3 Å². The summed E-state index contributed by atoms with van der Waals surface area (Å²) in [4.78, 5) is 17.2.